The molecule has 2 aliphatic heterocycles. The number of nitrogens with one attached hydrogen (secondary N) is 3. The van der Waals surface area contributed by atoms with Crippen molar-refractivity contribution in [2.24, 2.45) is 11.8 Å². The number of hydrazine groups is 1. The van der Waals surface area contributed by atoms with Crippen LogP contribution < -0.4 is 20.9 Å². The number of hydrogen-bond donors (Lipinski definition) is 3. The van der Waals surface area contributed by atoms with Crippen molar-refractivity contribution in [2.45, 2.75) is 26.1 Å². The van der Waals surface area contributed by atoms with Crippen LogP contribution in [0.15, 0.2) is 48.5 Å². The van der Waals surface area contributed by atoms with Gasteiger partial charge in [0.2, 0.25) is 0 Å². The monoisotopic (exact) mass is 380 g/mol. The smallest absolute Gasteiger partial charge is 0.257 e. The Labute approximate surface area is 166 Å². The summed E-state index contributed by atoms with van der Waals surface area (Å²) < 4.78 is 5.29. The zero-order valence-electron chi connectivity index (χ0n) is 16.6. The minimum absolute atomic E-state index is 0.0839. The van der Waals surface area contributed by atoms with Gasteiger partial charge in [0.25, 0.3) is 5.91 Å². The van der Waals surface area contributed by atoms with Crippen LogP contribution in [0.3, 0.4) is 0 Å². The normalized spacial score (nSPS) is 24.2. The molecule has 1 saturated heterocycles. The Hall–Kier alpha value is -2.57. The molecule has 0 radical (unpaired) electrons. The second kappa shape index (κ2) is 7.81. The van der Waals surface area contributed by atoms with Crippen LogP contribution in [0.25, 0.3) is 0 Å². The first-order chi connectivity index (χ1) is 13.6. The summed E-state index contributed by atoms with van der Waals surface area (Å²) in [7, 11) is 1.67. The summed E-state index contributed by atoms with van der Waals surface area (Å²) >= 11 is 0. The van der Waals surface area contributed by atoms with Crippen molar-refractivity contribution in [1.82, 2.24) is 15.8 Å². The van der Waals surface area contributed by atoms with Crippen molar-refractivity contribution >= 4 is 11.6 Å². The van der Waals surface area contributed by atoms with Gasteiger partial charge in [-0.1, -0.05) is 38.1 Å². The van der Waals surface area contributed by atoms with Crippen LogP contribution in [0, 0.1) is 11.8 Å². The fourth-order valence-electron chi connectivity index (χ4n) is 4.19. The van der Waals surface area contributed by atoms with Gasteiger partial charge in [0.15, 0.2) is 0 Å². The van der Waals surface area contributed by atoms with Gasteiger partial charge in [-0.05, 0) is 35.7 Å². The van der Waals surface area contributed by atoms with E-state index in [1.165, 1.54) is 5.56 Å². The lowest BCUT2D eigenvalue weighted by molar-refractivity contribution is 0.0588. The van der Waals surface area contributed by atoms with Crippen LogP contribution in [0.4, 0.5) is 5.69 Å². The zero-order chi connectivity index (χ0) is 19.7. The molecule has 0 bridgehead atoms. The van der Waals surface area contributed by atoms with Crippen LogP contribution in [0.2, 0.25) is 0 Å². The Balaban J connectivity index is 1.66. The van der Waals surface area contributed by atoms with Crippen LogP contribution in [-0.2, 0) is 0 Å². The highest BCUT2D eigenvalue weighted by Gasteiger charge is 2.42. The second-order valence-corrected chi connectivity index (χ2v) is 7.93. The van der Waals surface area contributed by atoms with Crippen molar-refractivity contribution in [3.05, 3.63) is 59.7 Å². The number of hydrogen-bond acceptors (Lipinski definition) is 5. The third-order valence-corrected chi connectivity index (χ3v) is 5.52. The minimum atomic E-state index is -0.0839. The number of ether oxygens (including phenoxy) is 1. The molecule has 3 atom stereocenters. The number of anilines is 1. The molecule has 0 spiro atoms. The van der Waals surface area contributed by atoms with Crippen molar-refractivity contribution in [1.29, 1.82) is 0 Å². The molecule has 0 aromatic heterocycles. The third-order valence-electron chi connectivity index (χ3n) is 5.52. The lowest BCUT2D eigenvalue weighted by Gasteiger charge is -2.43. The van der Waals surface area contributed by atoms with Gasteiger partial charge in [0.1, 0.15) is 11.9 Å². The van der Waals surface area contributed by atoms with E-state index < -0.39 is 0 Å². The van der Waals surface area contributed by atoms with E-state index >= 15 is 0 Å². The van der Waals surface area contributed by atoms with Gasteiger partial charge in [0, 0.05) is 24.7 Å². The number of methoxy groups -OCH3 is 1. The molecule has 6 heteroatoms. The summed E-state index contributed by atoms with van der Waals surface area (Å²) in [4.78, 5) is 15.3. The van der Waals surface area contributed by atoms with E-state index in [1.54, 1.807) is 7.11 Å². The number of benzene rings is 2. The maximum absolute atomic E-state index is 13.3. The number of nitrogens with zero attached hydrogens (tertiary/aromatic N) is 1. The molecular formula is C22H28N4O2. The topological polar surface area (TPSA) is 65.6 Å². The molecule has 6 nitrogen and oxygen atoms in total. The highest BCUT2D eigenvalue weighted by molar-refractivity contribution is 6.01. The highest BCUT2D eigenvalue weighted by Crippen LogP contribution is 2.35. The van der Waals surface area contributed by atoms with E-state index in [2.05, 4.69) is 42.1 Å². The summed E-state index contributed by atoms with van der Waals surface area (Å²) in [5.74, 6) is 1.52. The van der Waals surface area contributed by atoms with Crippen LogP contribution in [0.5, 0.6) is 5.75 Å². The number of rotatable bonds is 5. The molecule has 4 rings (SSSR count). The number of carbonyl (C=O) groups is 1. The van der Waals surface area contributed by atoms with Crippen LogP contribution in [-0.4, -0.2) is 37.2 Å². The first kappa shape index (κ1) is 18.8. The van der Waals surface area contributed by atoms with Crippen LogP contribution in [0.1, 0.15) is 35.8 Å². The average molecular weight is 380 g/mol. The fraction of sp³-hybridized carbons (Fsp3) is 0.409. The molecule has 0 aliphatic carbocycles. The van der Waals surface area contributed by atoms with Crippen molar-refractivity contribution < 1.29 is 9.53 Å². The molecule has 1 fully saturated rings. The first-order valence-electron chi connectivity index (χ1n) is 9.87. The SMILES string of the molecule is COc1ccc(C2NNCC2C2Nc3ccccc3C(=O)N2CC(C)C)cc1. The Morgan fingerprint density at radius 2 is 1.89 bits per heavy atom. The molecular weight excluding hydrogens is 352 g/mol. The summed E-state index contributed by atoms with van der Waals surface area (Å²) in [6, 6.07) is 16.0. The summed E-state index contributed by atoms with van der Waals surface area (Å²) in [5, 5.41) is 3.65. The quantitative estimate of drug-likeness (QED) is 0.744. The van der Waals surface area contributed by atoms with Gasteiger partial charge < -0.3 is 15.0 Å². The van der Waals surface area contributed by atoms with E-state index in [1.807, 2.05) is 41.3 Å². The molecule has 0 saturated carbocycles. The standard InChI is InChI=1S/C22H28N4O2/c1-14(2)13-26-21(24-19-7-5-4-6-17(19)22(26)27)18-12-23-25-20(18)15-8-10-16(28-3)11-9-15/h4-11,14,18,20-21,23-25H,12-13H2,1-3H3. The second-order valence-electron chi connectivity index (χ2n) is 7.93. The zero-order valence-corrected chi connectivity index (χ0v) is 16.6. The lowest BCUT2D eigenvalue weighted by atomic mass is 9.89. The molecule has 148 valence electrons. The maximum Gasteiger partial charge on any atom is 0.257 e. The minimum Gasteiger partial charge on any atom is -0.497 e. The van der Waals surface area contributed by atoms with Gasteiger partial charge in [-0.3, -0.25) is 10.2 Å². The van der Waals surface area contributed by atoms with Gasteiger partial charge in [0.05, 0.1) is 18.7 Å². The summed E-state index contributed by atoms with van der Waals surface area (Å²) in [5.41, 5.74) is 9.54. The van der Waals surface area contributed by atoms with E-state index in [-0.39, 0.29) is 24.0 Å². The first-order valence-corrected chi connectivity index (χ1v) is 9.87. The molecule has 1 amide bonds. The molecule has 3 N–H and O–H groups in total. The van der Waals surface area contributed by atoms with E-state index in [4.69, 9.17) is 4.74 Å². The summed E-state index contributed by atoms with van der Waals surface area (Å²) in [6.45, 7) is 5.79. The predicted molar refractivity (Wildman–Crippen MR) is 110 cm³/mol. The molecule has 2 aromatic rings. The van der Waals surface area contributed by atoms with Crippen molar-refractivity contribution in [3.63, 3.8) is 0 Å². The van der Waals surface area contributed by atoms with Crippen LogP contribution >= 0.6 is 0 Å². The Morgan fingerprint density at radius 1 is 1.14 bits per heavy atom. The largest absolute Gasteiger partial charge is 0.497 e. The molecule has 2 aliphatic rings. The van der Waals surface area contributed by atoms with Gasteiger partial charge >= 0.3 is 0 Å². The highest BCUT2D eigenvalue weighted by atomic mass is 16.5. The molecule has 2 heterocycles. The van der Waals surface area contributed by atoms with Gasteiger partial charge in [-0.15, -0.1) is 0 Å². The van der Waals surface area contributed by atoms with E-state index in [0.717, 1.165) is 30.1 Å². The number of amides is 1. The van der Waals surface area contributed by atoms with Gasteiger partial charge in [-0.25, -0.2) is 5.43 Å². The molecule has 3 unspecified atom stereocenters. The predicted octanol–water partition coefficient (Wildman–Crippen LogP) is 3.01. The lowest BCUT2D eigenvalue weighted by Crippen LogP contribution is -2.55. The van der Waals surface area contributed by atoms with Gasteiger partial charge in [-0.2, -0.15) is 0 Å². The number of para-hydroxylation sites is 1. The number of fused-ring (bicyclic) bond motifs is 1. The van der Waals surface area contributed by atoms with Crippen molar-refractivity contribution in [2.75, 3.05) is 25.5 Å². The third kappa shape index (κ3) is 3.45. The molecule has 28 heavy (non-hydrogen) atoms. The van der Waals surface area contributed by atoms with Crippen molar-refractivity contribution in [3.8, 4) is 5.75 Å². The Bertz CT molecular complexity index is 837. The average Bonchev–Trinajstić information content (AvgIpc) is 3.19. The summed E-state index contributed by atoms with van der Waals surface area (Å²) in [6.07, 6.45) is -0.0839. The Kier molecular flexibility index (Phi) is 5.24. The number of carbonyl (C=O) groups excluding carboxylic acids is 1. The molecule has 2 aromatic carbocycles. The fourth-order valence-corrected chi connectivity index (χ4v) is 4.19. The maximum atomic E-state index is 13.3. The Morgan fingerprint density at radius 3 is 2.61 bits per heavy atom. The van der Waals surface area contributed by atoms with E-state index in [0.29, 0.717) is 5.92 Å². The van der Waals surface area contributed by atoms with E-state index in [9.17, 15) is 4.79 Å².